The van der Waals surface area contributed by atoms with Crippen molar-refractivity contribution in [2.75, 3.05) is 11.9 Å². The van der Waals surface area contributed by atoms with Crippen LogP contribution in [0.4, 0.5) is 5.69 Å². The highest BCUT2D eigenvalue weighted by Gasteiger charge is 2.06. The molecule has 0 unspecified atom stereocenters. The molecule has 6 nitrogen and oxygen atoms in total. The van der Waals surface area contributed by atoms with Gasteiger partial charge >= 0.3 is 0 Å². The molecule has 0 aliphatic heterocycles. The van der Waals surface area contributed by atoms with Crippen molar-refractivity contribution in [2.24, 2.45) is 12.8 Å². The van der Waals surface area contributed by atoms with Crippen LogP contribution >= 0.6 is 0 Å². The Morgan fingerprint density at radius 3 is 2.61 bits per heavy atom. The van der Waals surface area contributed by atoms with Crippen molar-refractivity contribution in [3.05, 3.63) is 16.6 Å². The largest absolute Gasteiger partial charge is 0.330 e. The number of nitrogens with zero attached hydrogens (tertiary/aromatic N) is 1. The minimum absolute atomic E-state index is 0.106. The maximum atomic E-state index is 11.6. The zero-order valence-electron chi connectivity index (χ0n) is 10.9. The van der Waals surface area contributed by atoms with Gasteiger partial charge < -0.3 is 11.1 Å². The van der Waals surface area contributed by atoms with Gasteiger partial charge in [0.2, 0.25) is 5.91 Å². The van der Waals surface area contributed by atoms with E-state index in [9.17, 15) is 9.59 Å². The van der Waals surface area contributed by atoms with E-state index in [0.29, 0.717) is 12.1 Å². The Balaban J connectivity index is 2.18. The number of rotatable bonds is 8. The van der Waals surface area contributed by atoms with Gasteiger partial charge in [-0.05, 0) is 19.4 Å². The summed E-state index contributed by atoms with van der Waals surface area (Å²) in [5.41, 5.74) is 5.44. The molecule has 1 heterocycles. The minimum Gasteiger partial charge on any atom is -0.330 e. The lowest BCUT2D eigenvalue weighted by Crippen LogP contribution is -2.16. The number of aromatic nitrogens is 2. The summed E-state index contributed by atoms with van der Waals surface area (Å²) in [7, 11) is 1.70. The van der Waals surface area contributed by atoms with Gasteiger partial charge in [-0.2, -0.15) is 0 Å². The number of carbonyl (C=O) groups is 1. The van der Waals surface area contributed by atoms with Crippen molar-refractivity contribution < 1.29 is 4.79 Å². The second-order valence-electron chi connectivity index (χ2n) is 4.45. The Kier molecular flexibility index (Phi) is 6.21. The number of amides is 1. The van der Waals surface area contributed by atoms with Crippen molar-refractivity contribution in [3.8, 4) is 0 Å². The van der Waals surface area contributed by atoms with E-state index in [4.69, 9.17) is 5.73 Å². The number of unbranched alkanes of at least 4 members (excludes halogenated alkanes) is 4. The first kappa shape index (κ1) is 14.5. The highest BCUT2D eigenvalue weighted by Crippen LogP contribution is 2.06. The Morgan fingerprint density at radius 1 is 1.33 bits per heavy atom. The summed E-state index contributed by atoms with van der Waals surface area (Å²) in [6, 6.07) is 0. The Bertz CT molecular complexity index is 422. The van der Waals surface area contributed by atoms with Crippen LogP contribution < -0.4 is 16.6 Å². The van der Waals surface area contributed by atoms with Crippen LogP contribution in [0.1, 0.15) is 38.5 Å². The SMILES string of the molecule is Cn1cc(NC(=O)CCCCCCCN)c(=O)[nH]1. The standard InChI is InChI=1S/C12H22N4O2/c1-16-9-10(12(18)15-16)14-11(17)7-5-3-2-4-6-8-13/h9H,2-8,13H2,1H3,(H,14,17)(H,15,18). The smallest absolute Gasteiger partial charge is 0.287 e. The van der Waals surface area contributed by atoms with Gasteiger partial charge in [0.05, 0.1) is 6.20 Å². The molecule has 1 aromatic heterocycles. The van der Waals surface area contributed by atoms with Crippen molar-refractivity contribution in [2.45, 2.75) is 38.5 Å². The zero-order chi connectivity index (χ0) is 13.4. The fraction of sp³-hybridized carbons (Fsp3) is 0.667. The number of aryl methyl sites for hydroxylation is 1. The van der Waals surface area contributed by atoms with E-state index >= 15 is 0 Å². The summed E-state index contributed by atoms with van der Waals surface area (Å²) >= 11 is 0. The fourth-order valence-electron chi connectivity index (χ4n) is 1.77. The van der Waals surface area contributed by atoms with Gasteiger partial charge in [-0.3, -0.25) is 19.4 Å². The molecule has 0 saturated heterocycles. The average Bonchev–Trinajstić information content (AvgIpc) is 2.62. The Labute approximate surface area is 107 Å². The van der Waals surface area contributed by atoms with Crippen molar-refractivity contribution >= 4 is 11.6 Å². The maximum absolute atomic E-state index is 11.6. The topological polar surface area (TPSA) is 92.9 Å². The molecule has 1 aromatic rings. The zero-order valence-corrected chi connectivity index (χ0v) is 10.9. The molecule has 18 heavy (non-hydrogen) atoms. The molecule has 0 radical (unpaired) electrons. The summed E-state index contributed by atoms with van der Waals surface area (Å²) in [5, 5.41) is 5.15. The van der Waals surface area contributed by atoms with Crippen LogP contribution in [0.3, 0.4) is 0 Å². The van der Waals surface area contributed by atoms with Crippen molar-refractivity contribution in [3.63, 3.8) is 0 Å². The predicted molar refractivity (Wildman–Crippen MR) is 71.4 cm³/mol. The van der Waals surface area contributed by atoms with Gasteiger partial charge in [0, 0.05) is 13.5 Å². The molecule has 6 heteroatoms. The van der Waals surface area contributed by atoms with E-state index < -0.39 is 0 Å². The van der Waals surface area contributed by atoms with E-state index in [0.717, 1.165) is 38.6 Å². The van der Waals surface area contributed by atoms with Crippen LogP contribution in [-0.4, -0.2) is 22.2 Å². The van der Waals surface area contributed by atoms with Crippen LogP contribution in [0, 0.1) is 0 Å². The van der Waals surface area contributed by atoms with E-state index in [1.54, 1.807) is 13.2 Å². The maximum Gasteiger partial charge on any atom is 0.287 e. The van der Waals surface area contributed by atoms with Gasteiger partial charge in [-0.15, -0.1) is 0 Å². The highest BCUT2D eigenvalue weighted by molar-refractivity contribution is 5.90. The van der Waals surface area contributed by atoms with Crippen LogP contribution in [0.5, 0.6) is 0 Å². The summed E-state index contributed by atoms with van der Waals surface area (Å²) in [6.45, 7) is 0.733. The molecule has 1 rings (SSSR count). The van der Waals surface area contributed by atoms with Gasteiger partial charge in [0.25, 0.3) is 5.56 Å². The van der Waals surface area contributed by atoms with Gasteiger partial charge in [-0.25, -0.2) is 0 Å². The highest BCUT2D eigenvalue weighted by atomic mass is 16.2. The first-order valence-corrected chi connectivity index (χ1v) is 6.39. The number of anilines is 1. The lowest BCUT2D eigenvalue weighted by atomic mass is 10.1. The van der Waals surface area contributed by atoms with Crippen molar-refractivity contribution in [1.82, 2.24) is 9.78 Å². The monoisotopic (exact) mass is 254 g/mol. The molecule has 0 aliphatic rings. The van der Waals surface area contributed by atoms with Crippen LogP contribution in [0.15, 0.2) is 11.0 Å². The van der Waals surface area contributed by atoms with Crippen LogP contribution in [0.2, 0.25) is 0 Å². The predicted octanol–water partition coefficient (Wildman–Crippen LogP) is 0.951. The van der Waals surface area contributed by atoms with Gasteiger partial charge in [0.15, 0.2) is 0 Å². The molecular formula is C12H22N4O2. The second-order valence-corrected chi connectivity index (χ2v) is 4.45. The summed E-state index contributed by atoms with van der Waals surface area (Å²) in [6.07, 6.45) is 7.18. The molecule has 0 spiro atoms. The third-order valence-corrected chi connectivity index (χ3v) is 2.73. The Hall–Kier alpha value is -1.56. The molecule has 0 atom stereocenters. The molecule has 0 aromatic carbocycles. The lowest BCUT2D eigenvalue weighted by Gasteiger charge is -2.02. The number of hydrogen-bond donors (Lipinski definition) is 3. The quantitative estimate of drug-likeness (QED) is 0.603. The first-order chi connectivity index (χ1) is 8.63. The number of aromatic amines is 1. The molecule has 4 N–H and O–H groups in total. The van der Waals surface area contributed by atoms with E-state index in [1.165, 1.54) is 4.68 Å². The molecule has 102 valence electrons. The van der Waals surface area contributed by atoms with Crippen LogP contribution in [-0.2, 0) is 11.8 Å². The first-order valence-electron chi connectivity index (χ1n) is 6.39. The molecule has 0 bridgehead atoms. The fourth-order valence-corrected chi connectivity index (χ4v) is 1.77. The van der Waals surface area contributed by atoms with E-state index in [2.05, 4.69) is 10.4 Å². The average molecular weight is 254 g/mol. The summed E-state index contributed by atoms with van der Waals surface area (Å²) < 4.78 is 1.52. The minimum atomic E-state index is -0.270. The Morgan fingerprint density at radius 2 is 2.00 bits per heavy atom. The molecule has 1 amide bonds. The molecule has 0 aliphatic carbocycles. The van der Waals surface area contributed by atoms with Gasteiger partial charge in [-0.1, -0.05) is 19.3 Å². The third-order valence-electron chi connectivity index (χ3n) is 2.73. The van der Waals surface area contributed by atoms with Gasteiger partial charge in [0.1, 0.15) is 5.69 Å². The van der Waals surface area contributed by atoms with E-state index in [1.807, 2.05) is 0 Å². The number of nitrogens with two attached hydrogens (primary N) is 1. The normalized spacial score (nSPS) is 10.6. The van der Waals surface area contributed by atoms with Crippen molar-refractivity contribution in [1.29, 1.82) is 0 Å². The van der Waals surface area contributed by atoms with E-state index in [-0.39, 0.29) is 11.5 Å². The third kappa shape index (κ3) is 5.18. The second kappa shape index (κ2) is 7.71. The lowest BCUT2D eigenvalue weighted by molar-refractivity contribution is -0.116. The number of H-pyrrole nitrogens is 1. The number of hydrogen-bond acceptors (Lipinski definition) is 3. The summed E-state index contributed by atoms with van der Waals surface area (Å²) in [5.74, 6) is -0.106. The molecule has 0 fully saturated rings. The number of carbonyl (C=O) groups excluding carboxylic acids is 1. The summed E-state index contributed by atoms with van der Waals surface area (Å²) in [4.78, 5) is 22.9. The molecular weight excluding hydrogens is 232 g/mol. The molecule has 0 saturated carbocycles. The van der Waals surface area contributed by atoms with Crippen LogP contribution in [0.25, 0.3) is 0 Å². The number of nitrogens with one attached hydrogen (secondary N) is 2.